The zero-order valence-electron chi connectivity index (χ0n) is 14.3. The molecule has 8 heteroatoms. The first-order chi connectivity index (χ1) is 11.9. The lowest BCUT2D eigenvalue weighted by Gasteiger charge is -2.32. The molecule has 0 spiro atoms. The topological polar surface area (TPSA) is 113 Å². The van der Waals surface area contributed by atoms with Crippen molar-refractivity contribution in [2.75, 3.05) is 39.4 Å². The normalized spacial score (nSPS) is 21.6. The number of Topliss-reactive ketones (excluding diaryl/α,β-unsaturated/α-hetero) is 2. The van der Waals surface area contributed by atoms with Crippen molar-refractivity contribution in [3.05, 3.63) is 24.0 Å². The minimum atomic E-state index is -0.927. The lowest BCUT2D eigenvalue weighted by molar-refractivity contribution is -0.134. The minimum Gasteiger partial charge on any atom is -0.504 e. The fourth-order valence-electron chi connectivity index (χ4n) is 2.66. The van der Waals surface area contributed by atoms with Gasteiger partial charge in [-0.3, -0.25) is 14.4 Å². The molecule has 2 aliphatic heterocycles. The molecule has 0 saturated carbocycles. The second-order valence-electron chi connectivity index (χ2n) is 6.23. The number of carbonyl (C=O) groups excluding carboxylic acids is 3. The van der Waals surface area contributed by atoms with Gasteiger partial charge in [-0.2, -0.15) is 0 Å². The number of morpholine rings is 1. The van der Waals surface area contributed by atoms with Crippen molar-refractivity contribution in [2.24, 2.45) is 5.73 Å². The van der Waals surface area contributed by atoms with Gasteiger partial charge in [-0.05, 0) is 32.5 Å². The van der Waals surface area contributed by atoms with Crippen LogP contribution in [0.15, 0.2) is 24.0 Å². The molecule has 3 N–H and O–H groups in total. The molecule has 2 aliphatic rings. The summed E-state index contributed by atoms with van der Waals surface area (Å²) in [6, 6.07) is 0. The van der Waals surface area contributed by atoms with E-state index >= 15 is 0 Å². The van der Waals surface area contributed by atoms with Gasteiger partial charge in [0.25, 0.3) is 5.91 Å². The fraction of sp³-hybridized carbons (Fsp3) is 0.588. The van der Waals surface area contributed by atoms with Crippen LogP contribution in [0.4, 0.5) is 0 Å². The average Bonchev–Trinajstić information content (AvgIpc) is 2.55. The Morgan fingerprint density at radius 3 is 2.60 bits per heavy atom. The highest BCUT2D eigenvalue weighted by atomic mass is 16.5. The Hall–Kier alpha value is -2.03. The van der Waals surface area contributed by atoms with Crippen LogP contribution in [0.25, 0.3) is 0 Å². The number of nitrogens with zero attached hydrogens (tertiary/aromatic N) is 2. The summed E-state index contributed by atoms with van der Waals surface area (Å²) in [6.07, 6.45) is 2.16. The molecule has 138 valence electrons. The van der Waals surface area contributed by atoms with Crippen molar-refractivity contribution in [2.45, 2.75) is 25.4 Å². The Kier molecular flexibility index (Phi) is 6.86. The predicted molar refractivity (Wildman–Crippen MR) is 90.7 cm³/mol. The van der Waals surface area contributed by atoms with Crippen LogP contribution < -0.4 is 5.73 Å². The largest absolute Gasteiger partial charge is 0.504 e. The first kappa shape index (κ1) is 19.3. The first-order valence-electron chi connectivity index (χ1n) is 8.44. The molecule has 25 heavy (non-hydrogen) atoms. The Bertz CT molecular complexity index is 583. The summed E-state index contributed by atoms with van der Waals surface area (Å²) in [4.78, 5) is 39.7. The third-order valence-corrected chi connectivity index (χ3v) is 4.38. The van der Waals surface area contributed by atoms with Gasteiger partial charge < -0.3 is 25.4 Å². The number of ketones is 2. The molecule has 0 aromatic carbocycles. The number of likely N-dealkylation sites (tertiary alicyclic amines) is 1. The molecule has 0 aromatic heterocycles. The van der Waals surface area contributed by atoms with Crippen molar-refractivity contribution >= 4 is 17.5 Å². The zero-order chi connectivity index (χ0) is 18.4. The van der Waals surface area contributed by atoms with Gasteiger partial charge in [0.15, 0.2) is 11.5 Å². The van der Waals surface area contributed by atoms with Crippen LogP contribution in [-0.4, -0.2) is 77.9 Å². The van der Waals surface area contributed by atoms with E-state index in [0.29, 0.717) is 13.0 Å². The summed E-state index contributed by atoms with van der Waals surface area (Å²) in [5.74, 6) is -2.74. The van der Waals surface area contributed by atoms with Crippen molar-refractivity contribution in [3.8, 4) is 0 Å². The van der Waals surface area contributed by atoms with Crippen LogP contribution in [0.1, 0.15) is 19.3 Å². The van der Waals surface area contributed by atoms with E-state index in [-0.39, 0.29) is 25.1 Å². The van der Waals surface area contributed by atoms with Crippen molar-refractivity contribution in [1.29, 1.82) is 0 Å². The highest BCUT2D eigenvalue weighted by Crippen LogP contribution is 2.11. The SMILES string of the molecule is C=C(C(=O)CCCN1CCC1)C(=O)/C(O)=C/C(=O)N1CCOC[C@H]1N. The molecule has 0 aliphatic carbocycles. The molecule has 8 nitrogen and oxygen atoms in total. The van der Waals surface area contributed by atoms with Gasteiger partial charge >= 0.3 is 0 Å². The molecule has 0 unspecified atom stereocenters. The van der Waals surface area contributed by atoms with Crippen LogP contribution in [0, 0.1) is 0 Å². The fourth-order valence-corrected chi connectivity index (χ4v) is 2.66. The Morgan fingerprint density at radius 2 is 2.00 bits per heavy atom. The standard InChI is InChI=1S/C17H25N3O5/c1-12(13(21)4-2-5-19-6-3-7-19)17(24)14(22)10-16(23)20-8-9-25-11-15(20)18/h10,15,22H,1-9,11,18H2/b14-10-/t15-/m0/s1. The molecule has 0 aromatic rings. The summed E-state index contributed by atoms with van der Waals surface area (Å²) in [5.41, 5.74) is 5.43. The number of ether oxygens (including phenoxy) is 1. The van der Waals surface area contributed by atoms with Gasteiger partial charge in [-0.15, -0.1) is 0 Å². The number of nitrogens with two attached hydrogens (primary N) is 1. The summed E-state index contributed by atoms with van der Waals surface area (Å²) < 4.78 is 5.12. The average molecular weight is 351 g/mol. The molecule has 2 heterocycles. The lowest BCUT2D eigenvalue weighted by Crippen LogP contribution is -2.53. The van der Waals surface area contributed by atoms with E-state index in [0.717, 1.165) is 25.7 Å². The molecule has 0 bridgehead atoms. The van der Waals surface area contributed by atoms with Crippen LogP contribution in [-0.2, 0) is 19.1 Å². The quantitative estimate of drug-likeness (QED) is 0.268. The number of aliphatic hydroxyl groups is 1. The van der Waals surface area contributed by atoms with Gasteiger partial charge in [0.1, 0.15) is 6.17 Å². The number of carbonyl (C=O) groups is 3. The number of hydrogen-bond donors (Lipinski definition) is 2. The monoisotopic (exact) mass is 351 g/mol. The summed E-state index contributed by atoms with van der Waals surface area (Å²) in [6.45, 7) is 7.16. The highest BCUT2D eigenvalue weighted by molar-refractivity contribution is 6.25. The van der Waals surface area contributed by atoms with Crippen molar-refractivity contribution < 1.29 is 24.2 Å². The third kappa shape index (κ3) is 5.22. The maximum Gasteiger partial charge on any atom is 0.251 e. The zero-order valence-corrected chi connectivity index (χ0v) is 14.3. The van der Waals surface area contributed by atoms with E-state index in [4.69, 9.17) is 10.5 Å². The Morgan fingerprint density at radius 1 is 1.28 bits per heavy atom. The smallest absolute Gasteiger partial charge is 0.251 e. The molecule has 1 atom stereocenters. The molecule has 0 radical (unpaired) electrons. The van der Waals surface area contributed by atoms with E-state index in [1.54, 1.807) is 0 Å². The van der Waals surface area contributed by atoms with E-state index in [1.807, 2.05) is 0 Å². The van der Waals surface area contributed by atoms with Gasteiger partial charge in [-0.1, -0.05) is 6.58 Å². The van der Waals surface area contributed by atoms with Crippen LogP contribution in [0.3, 0.4) is 0 Å². The van der Waals surface area contributed by atoms with E-state index in [2.05, 4.69) is 11.5 Å². The number of amides is 1. The molecule has 2 fully saturated rings. The highest BCUT2D eigenvalue weighted by Gasteiger charge is 2.25. The van der Waals surface area contributed by atoms with Gasteiger partial charge in [0.2, 0.25) is 5.78 Å². The summed E-state index contributed by atoms with van der Waals surface area (Å²) in [5, 5.41) is 9.86. The molecule has 2 saturated heterocycles. The van der Waals surface area contributed by atoms with Gasteiger partial charge in [0, 0.05) is 19.0 Å². The first-order valence-corrected chi connectivity index (χ1v) is 8.44. The predicted octanol–water partition coefficient (Wildman–Crippen LogP) is -0.248. The Balaban J connectivity index is 1.84. The maximum atomic E-state index is 12.1. The minimum absolute atomic E-state index is 0.191. The second kappa shape index (κ2) is 8.89. The Labute approximate surface area is 146 Å². The number of aliphatic hydroxyl groups excluding tert-OH is 1. The second-order valence-corrected chi connectivity index (χ2v) is 6.23. The van der Waals surface area contributed by atoms with Crippen molar-refractivity contribution in [1.82, 2.24) is 9.80 Å². The van der Waals surface area contributed by atoms with Crippen LogP contribution >= 0.6 is 0 Å². The van der Waals surface area contributed by atoms with Gasteiger partial charge in [0.05, 0.1) is 18.8 Å². The molecule has 2 rings (SSSR count). The number of allylic oxidation sites excluding steroid dienone is 1. The number of hydrogen-bond acceptors (Lipinski definition) is 7. The van der Waals surface area contributed by atoms with E-state index in [1.165, 1.54) is 11.3 Å². The van der Waals surface area contributed by atoms with Crippen molar-refractivity contribution in [3.63, 3.8) is 0 Å². The molecular weight excluding hydrogens is 326 g/mol. The summed E-state index contributed by atoms with van der Waals surface area (Å²) >= 11 is 0. The molecular formula is C17H25N3O5. The maximum absolute atomic E-state index is 12.1. The third-order valence-electron chi connectivity index (χ3n) is 4.38. The molecule has 1 amide bonds. The van der Waals surface area contributed by atoms with Gasteiger partial charge in [-0.25, -0.2) is 0 Å². The summed E-state index contributed by atoms with van der Waals surface area (Å²) in [7, 11) is 0. The van der Waals surface area contributed by atoms with Crippen LogP contribution in [0.2, 0.25) is 0 Å². The van der Waals surface area contributed by atoms with Crippen LogP contribution in [0.5, 0.6) is 0 Å². The van der Waals surface area contributed by atoms with E-state index in [9.17, 15) is 19.5 Å². The lowest BCUT2D eigenvalue weighted by atomic mass is 10.0. The number of rotatable bonds is 8. The van der Waals surface area contributed by atoms with E-state index < -0.39 is 29.4 Å².